The number of carbonyl (C=O) groups is 1. The highest BCUT2D eigenvalue weighted by Crippen LogP contribution is 2.40. The van der Waals surface area contributed by atoms with Crippen LogP contribution in [0.3, 0.4) is 0 Å². The monoisotopic (exact) mass is 352 g/mol. The number of carbonyl (C=O) groups excluding carboxylic acids is 1. The number of hydrogen-bond donors (Lipinski definition) is 2. The van der Waals surface area contributed by atoms with E-state index in [4.69, 9.17) is 4.42 Å². The van der Waals surface area contributed by atoms with Gasteiger partial charge in [0, 0.05) is 25.3 Å². The van der Waals surface area contributed by atoms with Gasteiger partial charge in [0.15, 0.2) is 17.0 Å². The molecule has 1 aliphatic carbocycles. The summed E-state index contributed by atoms with van der Waals surface area (Å²) < 4.78 is 31.8. The Labute approximate surface area is 141 Å². The van der Waals surface area contributed by atoms with Crippen molar-refractivity contribution in [2.75, 3.05) is 0 Å². The molecule has 0 aliphatic heterocycles. The van der Waals surface area contributed by atoms with Gasteiger partial charge in [-0.3, -0.25) is 9.59 Å². The van der Waals surface area contributed by atoms with E-state index in [1.807, 2.05) is 0 Å². The topological polar surface area (TPSA) is 87.7 Å². The van der Waals surface area contributed by atoms with Crippen LogP contribution in [0.4, 0.5) is 8.78 Å². The van der Waals surface area contributed by atoms with Gasteiger partial charge in [-0.15, -0.1) is 0 Å². The Balaban J connectivity index is 1.73. The summed E-state index contributed by atoms with van der Waals surface area (Å²) >= 11 is 0. The minimum absolute atomic E-state index is 0.0409. The Morgan fingerprint density at radius 1 is 1.16 bits per heavy atom. The van der Waals surface area contributed by atoms with E-state index in [0.29, 0.717) is 0 Å². The van der Waals surface area contributed by atoms with Crippen LogP contribution < -0.4 is 5.43 Å². The number of phenols is 1. The second-order valence-corrected chi connectivity index (χ2v) is 6.66. The quantitative estimate of drug-likeness (QED) is 0.824. The Bertz CT molecular complexity index is 861. The molecule has 0 atom stereocenters. The molecule has 0 amide bonds. The smallest absolute Gasteiger partial charge is 0.248 e. The predicted octanol–water partition coefficient (Wildman–Crippen LogP) is 3.40. The van der Waals surface area contributed by atoms with Crippen molar-refractivity contribution in [1.29, 1.82) is 0 Å². The van der Waals surface area contributed by atoms with Gasteiger partial charge in [-0.1, -0.05) is 0 Å². The van der Waals surface area contributed by atoms with Crippen molar-refractivity contribution in [2.45, 2.75) is 50.0 Å². The summed E-state index contributed by atoms with van der Waals surface area (Å²) in [7, 11) is 0. The maximum atomic E-state index is 13.2. The number of aromatic hydroxyl groups is 1. The summed E-state index contributed by atoms with van der Waals surface area (Å²) in [4.78, 5) is 24.3. The van der Waals surface area contributed by atoms with Gasteiger partial charge < -0.3 is 14.6 Å². The summed E-state index contributed by atoms with van der Waals surface area (Å²) in [6.45, 7) is 0. The molecule has 0 unspecified atom stereocenters. The number of alkyl halides is 2. The molecule has 7 heteroatoms. The zero-order valence-corrected chi connectivity index (χ0v) is 13.4. The first kappa shape index (κ1) is 17.5. The van der Waals surface area contributed by atoms with E-state index in [1.165, 1.54) is 18.2 Å². The van der Waals surface area contributed by atoms with Crippen molar-refractivity contribution < 1.29 is 28.2 Å². The zero-order chi connectivity index (χ0) is 18.2. The summed E-state index contributed by atoms with van der Waals surface area (Å²) in [5, 5.41) is 19.9. The number of fused-ring (bicyclic) bond motifs is 1. The van der Waals surface area contributed by atoms with E-state index in [1.54, 1.807) is 0 Å². The van der Waals surface area contributed by atoms with E-state index in [0.717, 1.165) is 6.07 Å². The molecular weight excluding hydrogens is 334 g/mol. The molecule has 1 saturated carbocycles. The molecule has 1 fully saturated rings. The van der Waals surface area contributed by atoms with E-state index in [-0.39, 0.29) is 48.2 Å². The first-order valence-corrected chi connectivity index (χ1v) is 8.08. The van der Waals surface area contributed by atoms with Crippen LogP contribution in [-0.2, 0) is 0 Å². The third kappa shape index (κ3) is 3.87. The van der Waals surface area contributed by atoms with Crippen LogP contribution in [0.1, 0.15) is 49.1 Å². The van der Waals surface area contributed by atoms with Crippen LogP contribution in [0.5, 0.6) is 5.75 Å². The summed E-state index contributed by atoms with van der Waals surface area (Å²) in [6, 6.07) is 5.02. The van der Waals surface area contributed by atoms with Gasteiger partial charge in [0.05, 0.1) is 11.0 Å². The largest absolute Gasteiger partial charge is 0.508 e. The summed E-state index contributed by atoms with van der Waals surface area (Å²) in [6.07, 6.45) is -0.977. The minimum Gasteiger partial charge on any atom is -0.508 e. The van der Waals surface area contributed by atoms with E-state index in [2.05, 4.69) is 0 Å². The molecule has 2 N–H and O–H groups in total. The molecular formula is C18H18F2O5. The molecule has 5 nitrogen and oxygen atoms in total. The number of hydrogen-bond acceptors (Lipinski definition) is 5. The standard InChI is InChI=1S/C18H18F2O5/c19-18(20)7-5-17(24,6-8-18)4-3-13(22)16-10-14(23)12-9-11(21)1-2-15(12)25-16/h1-2,9-10,21,24H,3-8H2. The van der Waals surface area contributed by atoms with Gasteiger partial charge in [-0.2, -0.15) is 0 Å². The fraction of sp³-hybridized carbons (Fsp3) is 0.444. The Morgan fingerprint density at radius 2 is 1.84 bits per heavy atom. The first-order valence-electron chi connectivity index (χ1n) is 8.08. The van der Waals surface area contributed by atoms with E-state index < -0.39 is 35.6 Å². The zero-order valence-electron chi connectivity index (χ0n) is 13.4. The third-order valence-electron chi connectivity index (χ3n) is 4.72. The van der Waals surface area contributed by atoms with E-state index in [9.17, 15) is 28.6 Å². The number of phenolic OH excluding ortho intramolecular Hbond substituents is 1. The lowest BCUT2D eigenvalue weighted by Crippen LogP contribution is -2.38. The number of Topliss-reactive ketones (excluding diaryl/α,β-unsaturated/α-hetero) is 1. The fourth-order valence-electron chi connectivity index (χ4n) is 3.08. The average Bonchev–Trinajstić information content (AvgIpc) is 2.56. The third-order valence-corrected chi connectivity index (χ3v) is 4.72. The molecule has 0 saturated heterocycles. The number of rotatable bonds is 4. The van der Waals surface area contributed by atoms with Crippen molar-refractivity contribution >= 4 is 16.8 Å². The van der Waals surface area contributed by atoms with Gasteiger partial charge in [-0.25, -0.2) is 8.78 Å². The lowest BCUT2D eigenvalue weighted by Gasteiger charge is -2.35. The van der Waals surface area contributed by atoms with Crippen LogP contribution in [-0.4, -0.2) is 27.5 Å². The number of halogens is 2. The molecule has 0 radical (unpaired) electrons. The van der Waals surface area contributed by atoms with Gasteiger partial charge in [0.25, 0.3) is 0 Å². The number of ketones is 1. The van der Waals surface area contributed by atoms with Gasteiger partial charge >= 0.3 is 0 Å². The molecule has 1 aromatic carbocycles. The van der Waals surface area contributed by atoms with Gasteiger partial charge in [0.2, 0.25) is 5.92 Å². The highest BCUT2D eigenvalue weighted by molar-refractivity contribution is 5.95. The van der Waals surface area contributed by atoms with Crippen molar-refractivity contribution in [3.8, 4) is 5.75 Å². The molecule has 0 bridgehead atoms. The second-order valence-electron chi connectivity index (χ2n) is 6.66. The lowest BCUT2D eigenvalue weighted by atomic mass is 9.79. The summed E-state index contributed by atoms with van der Waals surface area (Å²) in [5.41, 5.74) is -1.58. The predicted molar refractivity (Wildman–Crippen MR) is 86.1 cm³/mol. The average molecular weight is 352 g/mol. The molecule has 1 heterocycles. The molecule has 25 heavy (non-hydrogen) atoms. The Kier molecular flexibility index (Phi) is 4.36. The number of benzene rings is 1. The normalized spacial score (nSPS) is 19.0. The van der Waals surface area contributed by atoms with Crippen LogP contribution in [0.25, 0.3) is 11.0 Å². The Morgan fingerprint density at radius 3 is 2.52 bits per heavy atom. The fourth-order valence-corrected chi connectivity index (χ4v) is 3.08. The maximum absolute atomic E-state index is 13.2. The molecule has 1 aromatic heterocycles. The molecule has 2 aromatic rings. The number of aliphatic hydroxyl groups is 1. The minimum atomic E-state index is -2.76. The molecule has 1 aliphatic rings. The van der Waals surface area contributed by atoms with Crippen molar-refractivity contribution in [3.63, 3.8) is 0 Å². The van der Waals surface area contributed by atoms with Crippen LogP contribution in [0.2, 0.25) is 0 Å². The van der Waals surface area contributed by atoms with Crippen LogP contribution >= 0.6 is 0 Å². The van der Waals surface area contributed by atoms with Gasteiger partial charge in [-0.05, 0) is 37.5 Å². The molecule has 134 valence electrons. The van der Waals surface area contributed by atoms with Crippen molar-refractivity contribution in [2.24, 2.45) is 0 Å². The summed E-state index contributed by atoms with van der Waals surface area (Å²) in [5.74, 6) is -3.46. The highest BCUT2D eigenvalue weighted by atomic mass is 19.3. The second kappa shape index (κ2) is 6.22. The highest BCUT2D eigenvalue weighted by Gasteiger charge is 2.42. The van der Waals surface area contributed by atoms with Crippen molar-refractivity contribution in [3.05, 3.63) is 40.2 Å². The molecule has 3 rings (SSSR count). The lowest BCUT2D eigenvalue weighted by molar-refractivity contribution is -0.106. The van der Waals surface area contributed by atoms with Crippen molar-refractivity contribution in [1.82, 2.24) is 0 Å². The molecule has 0 spiro atoms. The van der Waals surface area contributed by atoms with Crippen LogP contribution in [0.15, 0.2) is 33.5 Å². The first-order chi connectivity index (χ1) is 11.7. The SMILES string of the molecule is O=C(CCC1(O)CCC(F)(F)CC1)c1cc(=O)c2cc(O)ccc2o1. The maximum Gasteiger partial charge on any atom is 0.248 e. The Hall–Kier alpha value is -2.28. The van der Waals surface area contributed by atoms with E-state index >= 15 is 0 Å². The van der Waals surface area contributed by atoms with Crippen LogP contribution in [0, 0.1) is 0 Å². The van der Waals surface area contributed by atoms with Gasteiger partial charge in [0.1, 0.15) is 11.3 Å².